The number of thiazole rings is 1. The summed E-state index contributed by atoms with van der Waals surface area (Å²) in [5.41, 5.74) is 2.62. The predicted molar refractivity (Wildman–Crippen MR) is 110 cm³/mol. The Morgan fingerprint density at radius 3 is 2.54 bits per heavy atom. The highest BCUT2D eigenvalue weighted by Crippen LogP contribution is 2.23. The molecule has 28 heavy (non-hydrogen) atoms. The molecule has 0 saturated carbocycles. The number of likely N-dealkylation sites (tertiary alicyclic amines) is 1. The van der Waals surface area contributed by atoms with E-state index in [0.717, 1.165) is 48.6 Å². The Kier molecular flexibility index (Phi) is 5.78. The summed E-state index contributed by atoms with van der Waals surface area (Å²) in [6, 6.07) is 16.7. The van der Waals surface area contributed by atoms with Crippen molar-refractivity contribution in [3.8, 4) is 10.6 Å². The lowest BCUT2D eigenvalue weighted by Gasteiger charge is -2.32. The topological polar surface area (TPSA) is 45.2 Å². The summed E-state index contributed by atoms with van der Waals surface area (Å²) >= 11 is 1.49. The Hall–Kier alpha value is -2.57. The van der Waals surface area contributed by atoms with Crippen molar-refractivity contribution in [2.75, 3.05) is 13.1 Å². The number of amides is 1. The first-order chi connectivity index (χ1) is 13.7. The third-order valence-corrected chi connectivity index (χ3v) is 5.89. The second-order valence-electron chi connectivity index (χ2n) is 7.05. The average Bonchev–Trinajstić information content (AvgIpc) is 3.22. The van der Waals surface area contributed by atoms with Crippen LogP contribution in [0.3, 0.4) is 0 Å². The maximum absolute atomic E-state index is 13.0. The van der Waals surface area contributed by atoms with Crippen LogP contribution in [-0.4, -0.2) is 34.9 Å². The highest BCUT2D eigenvalue weighted by Gasteiger charge is 2.22. The summed E-state index contributed by atoms with van der Waals surface area (Å²) in [4.78, 5) is 19.4. The zero-order chi connectivity index (χ0) is 19.3. The first-order valence-corrected chi connectivity index (χ1v) is 10.3. The van der Waals surface area contributed by atoms with Gasteiger partial charge in [-0.05, 0) is 30.5 Å². The molecular weight excluding hydrogens is 373 g/mol. The van der Waals surface area contributed by atoms with Gasteiger partial charge in [-0.2, -0.15) is 0 Å². The van der Waals surface area contributed by atoms with E-state index in [1.54, 1.807) is 0 Å². The lowest BCUT2D eigenvalue weighted by Crippen LogP contribution is -2.44. The van der Waals surface area contributed by atoms with Crippen molar-refractivity contribution >= 4 is 17.2 Å². The van der Waals surface area contributed by atoms with Crippen LogP contribution in [0.25, 0.3) is 10.6 Å². The first kappa shape index (κ1) is 18.8. The second kappa shape index (κ2) is 8.63. The minimum Gasteiger partial charge on any atom is -0.348 e. The van der Waals surface area contributed by atoms with Crippen LogP contribution < -0.4 is 5.32 Å². The highest BCUT2D eigenvalue weighted by atomic mass is 32.1. The van der Waals surface area contributed by atoms with Crippen molar-refractivity contribution in [1.82, 2.24) is 15.2 Å². The van der Waals surface area contributed by atoms with Crippen LogP contribution in [-0.2, 0) is 6.54 Å². The van der Waals surface area contributed by atoms with Gasteiger partial charge < -0.3 is 5.32 Å². The van der Waals surface area contributed by atoms with E-state index in [1.807, 2.05) is 47.8 Å². The summed E-state index contributed by atoms with van der Waals surface area (Å²) in [6.07, 6.45) is 1.81. The van der Waals surface area contributed by atoms with Gasteiger partial charge in [-0.15, -0.1) is 11.3 Å². The largest absolute Gasteiger partial charge is 0.348 e. The number of aromatic nitrogens is 1. The number of nitrogens with one attached hydrogen (secondary N) is 1. The molecule has 6 heteroatoms. The Morgan fingerprint density at radius 2 is 1.82 bits per heavy atom. The molecule has 144 valence electrons. The zero-order valence-corrected chi connectivity index (χ0v) is 16.3. The number of benzene rings is 2. The highest BCUT2D eigenvalue weighted by molar-refractivity contribution is 7.13. The third-order valence-electron chi connectivity index (χ3n) is 5.00. The van der Waals surface area contributed by atoms with Crippen molar-refractivity contribution in [1.29, 1.82) is 0 Å². The Labute approximate surface area is 168 Å². The average molecular weight is 396 g/mol. The molecule has 1 fully saturated rings. The summed E-state index contributed by atoms with van der Waals surface area (Å²) < 4.78 is 13.0. The molecule has 0 aliphatic carbocycles. The number of rotatable bonds is 5. The number of carbonyl (C=O) groups excluding carboxylic acids is 1. The normalized spacial score (nSPS) is 15.5. The Morgan fingerprint density at radius 1 is 1.11 bits per heavy atom. The summed E-state index contributed by atoms with van der Waals surface area (Å²) in [5.74, 6) is -0.307. The van der Waals surface area contributed by atoms with Gasteiger partial charge in [-0.3, -0.25) is 9.69 Å². The van der Waals surface area contributed by atoms with Crippen molar-refractivity contribution in [2.45, 2.75) is 25.4 Å². The molecule has 2 heterocycles. The fourth-order valence-corrected chi connectivity index (χ4v) is 4.24. The molecule has 0 bridgehead atoms. The van der Waals surface area contributed by atoms with E-state index in [-0.39, 0.29) is 17.8 Å². The Balaban J connectivity index is 1.28. The van der Waals surface area contributed by atoms with Crippen molar-refractivity contribution in [2.24, 2.45) is 0 Å². The molecule has 0 atom stereocenters. The molecule has 1 saturated heterocycles. The van der Waals surface area contributed by atoms with E-state index >= 15 is 0 Å². The van der Waals surface area contributed by atoms with E-state index in [4.69, 9.17) is 0 Å². The molecule has 1 aromatic heterocycles. The van der Waals surface area contributed by atoms with Gasteiger partial charge in [0.05, 0.1) is 0 Å². The van der Waals surface area contributed by atoms with Gasteiger partial charge in [0, 0.05) is 36.6 Å². The smallest absolute Gasteiger partial charge is 0.270 e. The van der Waals surface area contributed by atoms with Crippen LogP contribution in [0.1, 0.15) is 28.9 Å². The molecule has 2 aromatic carbocycles. The fourth-order valence-electron chi connectivity index (χ4n) is 3.43. The van der Waals surface area contributed by atoms with Crippen molar-refractivity contribution < 1.29 is 9.18 Å². The van der Waals surface area contributed by atoms with Crippen LogP contribution in [0.5, 0.6) is 0 Å². The van der Waals surface area contributed by atoms with Crippen LogP contribution >= 0.6 is 11.3 Å². The van der Waals surface area contributed by atoms with Gasteiger partial charge in [0.2, 0.25) is 0 Å². The van der Waals surface area contributed by atoms with E-state index < -0.39 is 0 Å². The maximum Gasteiger partial charge on any atom is 0.270 e. The van der Waals surface area contributed by atoms with Gasteiger partial charge in [0.15, 0.2) is 0 Å². The van der Waals surface area contributed by atoms with Gasteiger partial charge in [-0.25, -0.2) is 9.37 Å². The standard InChI is InChI=1S/C22H22FN3OS/c23-18-8-6-16(7-9-18)14-26-12-10-19(11-13-26)24-21(27)20-15-28-22(25-20)17-4-2-1-3-5-17/h1-9,15,19H,10-14H2,(H,24,27). The van der Waals surface area contributed by atoms with Crippen LogP contribution in [0.4, 0.5) is 4.39 Å². The van der Waals surface area contributed by atoms with Gasteiger partial charge in [-0.1, -0.05) is 42.5 Å². The molecular formula is C22H22FN3OS. The number of hydrogen-bond acceptors (Lipinski definition) is 4. The fraction of sp³-hybridized carbons (Fsp3) is 0.273. The minimum absolute atomic E-state index is 0.101. The van der Waals surface area contributed by atoms with Gasteiger partial charge in [0.25, 0.3) is 5.91 Å². The van der Waals surface area contributed by atoms with Gasteiger partial charge >= 0.3 is 0 Å². The molecule has 1 aliphatic heterocycles. The quantitative estimate of drug-likeness (QED) is 0.699. The predicted octanol–water partition coefficient (Wildman–Crippen LogP) is 4.34. The number of piperidine rings is 1. The monoisotopic (exact) mass is 395 g/mol. The minimum atomic E-state index is -0.206. The second-order valence-corrected chi connectivity index (χ2v) is 7.91. The van der Waals surface area contributed by atoms with Crippen LogP contribution in [0.15, 0.2) is 60.0 Å². The van der Waals surface area contributed by atoms with Crippen LogP contribution in [0, 0.1) is 5.82 Å². The molecule has 1 N–H and O–H groups in total. The van der Waals surface area contributed by atoms with Crippen molar-refractivity contribution in [3.05, 3.63) is 77.1 Å². The lowest BCUT2D eigenvalue weighted by molar-refractivity contribution is 0.0904. The Bertz CT molecular complexity index is 918. The maximum atomic E-state index is 13.0. The number of halogens is 1. The lowest BCUT2D eigenvalue weighted by atomic mass is 10.0. The summed E-state index contributed by atoms with van der Waals surface area (Å²) in [5, 5.41) is 5.80. The SMILES string of the molecule is O=C(NC1CCN(Cc2ccc(F)cc2)CC1)c1csc(-c2ccccc2)n1. The molecule has 0 spiro atoms. The molecule has 0 radical (unpaired) electrons. The van der Waals surface area contributed by atoms with E-state index in [2.05, 4.69) is 15.2 Å². The molecule has 3 aromatic rings. The van der Waals surface area contributed by atoms with Gasteiger partial charge in [0.1, 0.15) is 16.5 Å². The van der Waals surface area contributed by atoms with Crippen molar-refractivity contribution in [3.63, 3.8) is 0 Å². The first-order valence-electron chi connectivity index (χ1n) is 9.46. The third kappa shape index (κ3) is 4.64. The molecule has 4 rings (SSSR count). The van der Waals surface area contributed by atoms with E-state index in [0.29, 0.717) is 5.69 Å². The number of hydrogen-bond donors (Lipinski definition) is 1. The summed E-state index contributed by atoms with van der Waals surface area (Å²) in [6.45, 7) is 2.64. The molecule has 1 amide bonds. The zero-order valence-electron chi connectivity index (χ0n) is 15.5. The molecule has 4 nitrogen and oxygen atoms in total. The van der Waals surface area contributed by atoms with Crippen LogP contribution in [0.2, 0.25) is 0 Å². The molecule has 1 aliphatic rings. The van der Waals surface area contributed by atoms with E-state index in [9.17, 15) is 9.18 Å². The number of nitrogens with zero attached hydrogens (tertiary/aromatic N) is 2. The number of carbonyl (C=O) groups is 1. The summed E-state index contributed by atoms with van der Waals surface area (Å²) in [7, 11) is 0. The van der Waals surface area contributed by atoms with E-state index in [1.165, 1.54) is 23.5 Å². The molecule has 0 unspecified atom stereocenters.